The Bertz CT molecular complexity index is 532. The molecule has 0 nitrogen and oxygen atoms in total. The van der Waals surface area contributed by atoms with Crippen LogP contribution in [0.25, 0.3) is 0 Å². The smallest absolute Gasteiger partial charge is 0.237 e. The average Bonchev–Trinajstić information content (AvgIpc) is 2.50. The molecule has 1 aliphatic carbocycles. The van der Waals surface area contributed by atoms with Crippen molar-refractivity contribution in [2.75, 3.05) is 0 Å². The summed E-state index contributed by atoms with van der Waals surface area (Å²) in [5.41, 5.74) is -7.02. The Balaban J connectivity index is 4.12. The van der Waals surface area contributed by atoms with E-state index in [9.17, 15) is 74.6 Å². The van der Waals surface area contributed by atoms with E-state index in [-0.39, 0.29) is 0 Å². The van der Waals surface area contributed by atoms with E-state index in [2.05, 4.69) is 0 Å². The highest BCUT2D eigenvalue weighted by atomic mass is 19.4. The molecule has 27 heavy (non-hydrogen) atoms. The molecule has 0 N–H and O–H groups in total. The van der Waals surface area contributed by atoms with Gasteiger partial charge >= 0.3 is 35.5 Å². The molecule has 1 aliphatic rings. The molecule has 1 rings (SSSR count). The standard InChI is InChI=1S/C10H3F17/c11-1-4(15,3(13)14)2(12)6(18,19)8(22,23)10(26,27)9(24,25)7(20,21)5(1,16)17/h1-3H. The van der Waals surface area contributed by atoms with Gasteiger partial charge in [0.2, 0.25) is 18.0 Å². The molecule has 0 saturated heterocycles. The van der Waals surface area contributed by atoms with Crippen LogP contribution >= 0.6 is 0 Å². The molecule has 0 aromatic heterocycles. The zero-order valence-electron chi connectivity index (χ0n) is 11.7. The Morgan fingerprint density at radius 3 is 0.852 bits per heavy atom. The first-order valence-corrected chi connectivity index (χ1v) is 6.02. The molecule has 0 aromatic carbocycles. The number of hydrogen-bond acceptors (Lipinski definition) is 0. The predicted molar refractivity (Wildman–Crippen MR) is 49.3 cm³/mol. The van der Waals surface area contributed by atoms with Gasteiger partial charge in [0.25, 0.3) is 6.43 Å². The van der Waals surface area contributed by atoms with Gasteiger partial charge in [-0.15, -0.1) is 0 Å². The third-order valence-electron chi connectivity index (χ3n) is 3.77. The second kappa shape index (κ2) is 5.67. The molecule has 1 saturated carbocycles. The topological polar surface area (TPSA) is 0 Å². The van der Waals surface area contributed by atoms with Crippen molar-refractivity contribution in [3.63, 3.8) is 0 Å². The minimum Gasteiger partial charge on any atom is -0.237 e. The Hall–Kier alpha value is -1.19. The van der Waals surface area contributed by atoms with Crippen molar-refractivity contribution in [3.05, 3.63) is 0 Å². The van der Waals surface area contributed by atoms with Crippen LogP contribution in [0.3, 0.4) is 0 Å². The SMILES string of the molecule is FC(F)C1(F)C(F)C(F)(F)C(F)(F)C(F)(F)C(F)(F)C(F)(F)C(F)(F)C1F. The molecule has 0 aromatic rings. The van der Waals surface area contributed by atoms with Crippen molar-refractivity contribution in [2.45, 2.75) is 60.0 Å². The van der Waals surface area contributed by atoms with Gasteiger partial charge in [0.15, 0.2) is 0 Å². The summed E-state index contributed by atoms with van der Waals surface area (Å²) in [4.78, 5) is 0. The maximum atomic E-state index is 13.7. The summed E-state index contributed by atoms with van der Waals surface area (Å²) >= 11 is 0. The van der Waals surface area contributed by atoms with Crippen LogP contribution in [0, 0.1) is 0 Å². The average molecular weight is 446 g/mol. The molecule has 0 amide bonds. The summed E-state index contributed by atoms with van der Waals surface area (Å²) in [5.74, 6) is -48.4. The van der Waals surface area contributed by atoms with Gasteiger partial charge in [-0.1, -0.05) is 0 Å². The first kappa shape index (κ1) is 23.8. The summed E-state index contributed by atoms with van der Waals surface area (Å²) < 4.78 is 223. The van der Waals surface area contributed by atoms with Gasteiger partial charge < -0.3 is 0 Å². The molecule has 0 bridgehead atoms. The van der Waals surface area contributed by atoms with Crippen LogP contribution in [0.1, 0.15) is 0 Å². The molecule has 0 spiro atoms. The Kier molecular flexibility index (Phi) is 5.01. The number of alkyl halides is 17. The van der Waals surface area contributed by atoms with E-state index < -0.39 is 60.0 Å². The van der Waals surface area contributed by atoms with E-state index >= 15 is 0 Å². The lowest BCUT2D eigenvalue weighted by molar-refractivity contribution is -0.426. The largest absolute Gasteiger partial charge is 0.384 e. The Morgan fingerprint density at radius 2 is 0.667 bits per heavy atom. The quantitative estimate of drug-likeness (QED) is 0.470. The first-order valence-electron chi connectivity index (χ1n) is 6.02. The van der Waals surface area contributed by atoms with Crippen LogP contribution < -0.4 is 0 Å². The van der Waals surface area contributed by atoms with Gasteiger partial charge in [0.1, 0.15) is 0 Å². The monoisotopic (exact) mass is 446 g/mol. The maximum absolute atomic E-state index is 13.7. The summed E-state index contributed by atoms with van der Waals surface area (Å²) in [6, 6.07) is 0. The van der Waals surface area contributed by atoms with Gasteiger partial charge in [-0.2, -0.15) is 52.7 Å². The normalized spacial score (nSPS) is 39.3. The molecule has 0 heterocycles. The van der Waals surface area contributed by atoms with Crippen molar-refractivity contribution >= 4 is 0 Å². The molecule has 1 fully saturated rings. The zero-order valence-corrected chi connectivity index (χ0v) is 11.7. The van der Waals surface area contributed by atoms with Crippen molar-refractivity contribution in [1.29, 1.82) is 0 Å². The first-order chi connectivity index (χ1) is 11.5. The molecule has 17 heteroatoms. The third kappa shape index (κ3) is 2.37. The minimum absolute atomic E-state index is 5.88. The lowest BCUT2D eigenvalue weighted by Gasteiger charge is -2.40. The zero-order chi connectivity index (χ0) is 22.2. The van der Waals surface area contributed by atoms with Crippen molar-refractivity contribution < 1.29 is 74.6 Å². The highest BCUT2D eigenvalue weighted by Gasteiger charge is 2.95. The van der Waals surface area contributed by atoms with Crippen LogP contribution in [0.4, 0.5) is 74.6 Å². The van der Waals surface area contributed by atoms with Crippen LogP contribution in [-0.2, 0) is 0 Å². The minimum atomic E-state index is -8.28. The highest BCUT2D eigenvalue weighted by Crippen LogP contribution is 2.65. The fraction of sp³-hybridized carbons (Fsp3) is 1.00. The number of halogens is 17. The molecular formula is C10H3F17. The van der Waals surface area contributed by atoms with Gasteiger partial charge in [0, 0.05) is 0 Å². The Morgan fingerprint density at radius 1 is 0.444 bits per heavy atom. The van der Waals surface area contributed by atoms with E-state index in [1.807, 2.05) is 0 Å². The lowest BCUT2D eigenvalue weighted by atomic mass is 9.85. The second-order valence-corrected chi connectivity index (χ2v) is 5.40. The van der Waals surface area contributed by atoms with E-state index in [4.69, 9.17) is 0 Å². The van der Waals surface area contributed by atoms with Crippen LogP contribution in [0.15, 0.2) is 0 Å². The summed E-state index contributed by atoms with van der Waals surface area (Å²) in [6.07, 6.45) is -18.6. The molecule has 2 atom stereocenters. The number of hydrogen-bond donors (Lipinski definition) is 0. The Labute approximate surface area is 136 Å². The van der Waals surface area contributed by atoms with Crippen LogP contribution in [0.2, 0.25) is 0 Å². The molecule has 162 valence electrons. The number of rotatable bonds is 1. The predicted octanol–water partition coefficient (Wildman–Crippen LogP) is 5.46. The third-order valence-corrected chi connectivity index (χ3v) is 3.77. The summed E-state index contributed by atoms with van der Waals surface area (Å²) in [5, 5.41) is 0. The van der Waals surface area contributed by atoms with Gasteiger partial charge in [-0.25, -0.2) is 22.0 Å². The second-order valence-electron chi connectivity index (χ2n) is 5.40. The van der Waals surface area contributed by atoms with Crippen molar-refractivity contribution in [1.82, 2.24) is 0 Å². The van der Waals surface area contributed by atoms with E-state index in [0.29, 0.717) is 0 Å². The summed E-state index contributed by atoms with van der Waals surface area (Å²) in [6.45, 7) is 0. The van der Waals surface area contributed by atoms with Gasteiger partial charge in [-0.05, 0) is 0 Å². The van der Waals surface area contributed by atoms with E-state index in [0.717, 1.165) is 0 Å². The van der Waals surface area contributed by atoms with E-state index in [1.54, 1.807) is 0 Å². The van der Waals surface area contributed by atoms with Crippen LogP contribution in [0.5, 0.6) is 0 Å². The van der Waals surface area contributed by atoms with Crippen molar-refractivity contribution in [2.24, 2.45) is 0 Å². The van der Waals surface area contributed by atoms with Gasteiger partial charge in [-0.3, -0.25) is 0 Å². The fourth-order valence-corrected chi connectivity index (χ4v) is 2.04. The van der Waals surface area contributed by atoms with E-state index in [1.165, 1.54) is 0 Å². The molecule has 0 aliphatic heterocycles. The lowest BCUT2D eigenvalue weighted by Crippen LogP contribution is -2.71. The molecular weight excluding hydrogens is 443 g/mol. The summed E-state index contributed by atoms with van der Waals surface area (Å²) in [7, 11) is 0. The van der Waals surface area contributed by atoms with Gasteiger partial charge in [0.05, 0.1) is 0 Å². The molecule has 0 radical (unpaired) electrons. The maximum Gasteiger partial charge on any atom is 0.384 e. The fourth-order valence-electron chi connectivity index (χ4n) is 2.04. The van der Waals surface area contributed by atoms with Crippen molar-refractivity contribution in [3.8, 4) is 0 Å². The van der Waals surface area contributed by atoms with Crippen LogP contribution in [-0.4, -0.2) is 60.0 Å². The highest BCUT2D eigenvalue weighted by molar-refractivity contribution is 5.21. The molecule has 2 unspecified atom stereocenters.